The molecule has 0 radical (unpaired) electrons. The highest BCUT2D eigenvalue weighted by molar-refractivity contribution is 5.60. The molecule has 0 aromatic carbocycles. The molecule has 0 saturated heterocycles. The summed E-state index contributed by atoms with van der Waals surface area (Å²) in [7, 11) is 0. The lowest BCUT2D eigenvalue weighted by molar-refractivity contribution is 0.312. The molecule has 2 nitrogen and oxygen atoms in total. The predicted octanol–water partition coefficient (Wildman–Crippen LogP) is 2.97. The van der Waals surface area contributed by atoms with Crippen LogP contribution >= 0.6 is 0 Å². The zero-order valence-electron chi connectivity index (χ0n) is 7.95. The van der Waals surface area contributed by atoms with Crippen LogP contribution in [0.5, 0.6) is 0 Å². The minimum absolute atomic E-state index is 0.491. The lowest BCUT2D eigenvalue weighted by Gasteiger charge is -2.31. The minimum Gasteiger partial charge on any atom is -0.411 e. The largest absolute Gasteiger partial charge is 0.411 e. The molecule has 1 N–H and O–H groups in total. The number of oxime groups is 1. The van der Waals surface area contributed by atoms with Crippen molar-refractivity contribution in [3.05, 3.63) is 11.6 Å². The monoisotopic (exact) mass is 179 g/mol. The Morgan fingerprint density at radius 2 is 2.31 bits per heavy atom. The molecule has 0 bridgehead atoms. The van der Waals surface area contributed by atoms with Gasteiger partial charge in [-0.15, -0.1) is 5.16 Å². The molecule has 0 aliphatic heterocycles. The van der Waals surface area contributed by atoms with Gasteiger partial charge in [0, 0.05) is 12.1 Å². The Bertz CT molecular complexity index is 232. The van der Waals surface area contributed by atoms with E-state index >= 15 is 0 Å². The van der Waals surface area contributed by atoms with E-state index in [9.17, 15) is 0 Å². The van der Waals surface area contributed by atoms with Crippen LogP contribution < -0.4 is 0 Å². The molecule has 72 valence electrons. The highest BCUT2D eigenvalue weighted by Crippen LogP contribution is 2.38. The number of rotatable bonds is 1. The number of nitrogens with zero attached hydrogens (tertiary/aromatic N) is 1. The molecule has 1 fully saturated rings. The zero-order chi connectivity index (χ0) is 9.10. The quantitative estimate of drug-likeness (QED) is 0.285. The highest BCUT2D eigenvalue weighted by Gasteiger charge is 2.25. The first kappa shape index (κ1) is 8.79. The molecule has 2 rings (SSSR count). The molecule has 2 atom stereocenters. The first-order valence-corrected chi connectivity index (χ1v) is 5.26. The fourth-order valence-corrected chi connectivity index (χ4v) is 2.63. The van der Waals surface area contributed by atoms with Crippen molar-refractivity contribution >= 4 is 6.21 Å². The summed E-state index contributed by atoms with van der Waals surface area (Å²) < 4.78 is 0. The van der Waals surface area contributed by atoms with Crippen molar-refractivity contribution in [2.45, 2.75) is 38.5 Å². The van der Waals surface area contributed by atoms with Gasteiger partial charge in [-0.05, 0) is 44.4 Å². The Kier molecular flexibility index (Phi) is 2.67. The van der Waals surface area contributed by atoms with Gasteiger partial charge in [-0.25, -0.2) is 0 Å². The summed E-state index contributed by atoms with van der Waals surface area (Å²) in [4.78, 5) is 0. The van der Waals surface area contributed by atoms with Crippen molar-refractivity contribution in [2.24, 2.45) is 17.0 Å². The standard InChI is InChI=1S/C11H17NO/c13-12-8-9-5-6-10-3-1-2-4-11(10)7-9/h4,8-10,13H,1-3,5-7H2. The Balaban J connectivity index is 2.01. The van der Waals surface area contributed by atoms with Crippen LogP contribution in [-0.2, 0) is 0 Å². The fraction of sp³-hybridized carbons (Fsp3) is 0.727. The maximum absolute atomic E-state index is 8.46. The molecule has 0 amide bonds. The maximum Gasteiger partial charge on any atom is 0.0470 e. The lowest BCUT2D eigenvalue weighted by atomic mass is 9.74. The number of hydrogen-bond acceptors (Lipinski definition) is 2. The van der Waals surface area contributed by atoms with Gasteiger partial charge in [0.2, 0.25) is 0 Å². The average molecular weight is 179 g/mol. The zero-order valence-corrected chi connectivity index (χ0v) is 7.95. The molecule has 2 aliphatic rings. The minimum atomic E-state index is 0.491. The van der Waals surface area contributed by atoms with Gasteiger partial charge in [-0.1, -0.05) is 11.6 Å². The van der Waals surface area contributed by atoms with E-state index in [0.29, 0.717) is 5.92 Å². The van der Waals surface area contributed by atoms with Gasteiger partial charge in [0.05, 0.1) is 0 Å². The van der Waals surface area contributed by atoms with E-state index in [-0.39, 0.29) is 0 Å². The van der Waals surface area contributed by atoms with Gasteiger partial charge in [-0.3, -0.25) is 0 Å². The Labute approximate surface area is 79.3 Å². The summed E-state index contributed by atoms with van der Waals surface area (Å²) in [5.41, 5.74) is 1.63. The van der Waals surface area contributed by atoms with Crippen molar-refractivity contribution in [3.8, 4) is 0 Å². The first-order valence-electron chi connectivity index (χ1n) is 5.26. The molecule has 2 heteroatoms. The molecular weight excluding hydrogens is 162 g/mol. The topological polar surface area (TPSA) is 32.6 Å². The molecule has 0 aromatic heterocycles. The summed E-state index contributed by atoms with van der Waals surface area (Å²) in [6.45, 7) is 0. The van der Waals surface area contributed by atoms with Gasteiger partial charge in [0.1, 0.15) is 0 Å². The van der Waals surface area contributed by atoms with E-state index in [2.05, 4.69) is 11.2 Å². The Hall–Kier alpha value is -0.790. The summed E-state index contributed by atoms with van der Waals surface area (Å²) >= 11 is 0. The van der Waals surface area contributed by atoms with Gasteiger partial charge in [0.15, 0.2) is 0 Å². The van der Waals surface area contributed by atoms with Crippen molar-refractivity contribution in [1.82, 2.24) is 0 Å². The molecule has 13 heavy (non-hydrogen) atoms. The lowest BCUT2D eigenvalue weighted by Crippen LogP contribution is -2.20. The van der Waals surface area contributed by atoms with Crippen LogP contribution in [0.4, 0.5) is 0 Å². The third-order valence-corrected chi connectivity index (χ3v) is 3.35. The first-order chi connectivity index (χ1) is 6.40. The van der Waals surface area contributed by atoms with Gasteiger partial charge in [0.25, 0.3) is 0 Å². The molecule has 0 spiro atoms. The molecular formula is C11H17NO. The number of hydrogen-bond donors (Lipinski definition) is 1. The van der Waals surface area contributed by atoms with Crippen LogP contribution in [0.2, 0.25) is 0 Å². The smallest absolute Gasteiger partial charge is 0.0470 e. The second-order valence-electron chi connectivity index (χ2n) is 4.21. The number of fused-ring (bicyclic) bond motifs is 1. The molecule has 1 saturated carbocycles. The Morgan fingerprint density at radius 1 is 1.38 bits per heavy atom. The summed E-state index contributed by atoms with van der Waals surface area (Å²) in [6, 6.07) is 0. The van der Waals surface area contributed by atoms with Crippen LogP contribution in [0.25, 0.3) is 0 Å². The van der Waals surface area contributed by atoms with Gasteiger partial charge >= 0.3 is 0 Å². The molecule has 0 aromatic rings. The normalized spacial score (nSPS) is 34.3. The maximum atomic E-state index is 8.46. The van der Waals surface area contributed by atoms with Gasteiger partial charge < -0.3 is 5.21 Å². The van der Waals surface area contributed by atoms with Crippen molar-refractivity contribution in [2.75, 3.05) is 0 Å². The molecule has 0 heterocycles. The molecule has 2 unspecified atom stereocenters. The van der Waals surface area contributed by atoms with Crippen LogP contribution in [0.1, 0.15) is 38.5 Å². The van der Waals surface area contributed by atoms with Crippen molar-refractivity contribution in [1.29, 1.82) is 0 Å². The van der Waals surface area contributed by atoms with Crippen LogP contribution in [0.15, 0.2) is 16.8 Å². The Morgan fingerprint density at radius 3 is 3.15 bits per heavy atom. The third kappa shape index (κ3) is 1.93. The van der Waals surface area contributed by atoms with E-state index in [1.54, 1.807) is 11.8 Å². The summed E-state index contributed by atoms with van der Waals surface area (Å²) in [5, 5.41) is 11.6. The van der Waals surface area contributed by atoms with Crippen LogP contribution in [0.3, 0.4) is 0 Å². The van der Waals surface area contributed by atoms with Crippen molar-refractivity contribution in [3.63, 3.8) is 0 Å². The fourth-order valence-electron chi connectivity index (χ4n) is 2.63. The summed E-state index contributed by atoms with van der Waals surface area (Å²) in [5.74, 6) is 1.35. The predicted molar refractivity (Wildman–Crippen MR) is 53.0 cm³/mol. The SMILES string of the molecule is ON=CC1CCC2CCCC=C2C1. The molecule has 2 aliphatic carbocycles. The highest BCUT2D eigenvalue weighted by atomic mass is 16.4. The van der Waals surface area contributed by atoms with Gasteiger partial charge in [-0.2, -0.15) is 0 Å². The average Bonchev–Trinajstić information content (AvgIpc) is 2.18. The van der Waals surface area contributed by atoms with E-state index in [0.717, 1.165) is 12.3 Å². The number of allylic oxidation sites excluding steroid dienone is 2. The van der Waals surface area contributed by atoms with Crippen LogP contribution in [-0.4, -0.2) is 11.4 Å². The second-order valence-corrected chi connectivity index (χ2v) is 4.21. The third-order valence-electron chi connectivity index (χ3n) is 3.35. The van der Waals surface area contributed by atoms with Crippen LogP contribution in [0, 0.1) is 11.8 Å². The van der Waals surface area contributed by atoms with E-state index < -0.39 is 0 Å². The summed E-state index contributed by atoms with van der Waals surface area (Å²) in [6.07, 6.45) is 11.7. The van der Waals surface area contributed by atoms with E-state index in [1.165, 1.54) is 32.1 Å². The van der Waals surface area contributed by atoms with Crippen molar-refractivity contribution < 1.29 is 5.21 Å². The van der Waals surface area contributed by atoms with E-state index in [1.807, 2.05) is 0 Å². The van der Waals surface area contributed by atoms with E-state index in [4.69, 9.17) is 5.21 Å². The second kappa shape index (κ2) is 3.95.